The Hall–Kier alpha value is -0.730. The Morgan fingerprint density at radius 1 is 1.19 bits per heavy atom. The molecule has 2 aromatic heterocycles. The fraction of sp³-hybridized carbons (Fsp3) is 0.438. The van der Waals surface area contributed by atoms with Gasteiger partial charge in [-0.05, 0) is 36.7 Å². The smallest absolute Gasteiger partial charge is 0.250 e. The summed E-state index contributed by atoms with van der Waals surface area (Å²) in [6, 6.07) is 7.03. The number of rotatable bonds is 9. The summed E-state index contributed by atoms with van der Waals surface area (Å²) in [6.45, 7) is 5.12. The van der Waals surface area contributed by atoms with E-state index in [0.717, 1.165) is 4.88 Å². The Kier molecular flexibility index (Phi) is 10.2. The van der Waals surface area contributed by atoms with Crippen LogP contribution in [0.25, 0.3) is 0 Å². The van der Waals surface area contributed by atoms with Crippen molar-refractivity contribution in [2.45, 2.75) is 23.7 Å². The molecule has 0 fully saturated rings. The van der Waals surface area contributed by atoms with E-state index in [9.17, 15) is 13.5 Å². The number of aliphatic hydroxyl groups is 1. The minimum absolute atomic E-state index is 0. The van der Waals surface area contributed by atoms with Crippen molar-refractivity contribution in [3.8, 4) is 0 Å². The fourth-order valence-corrected chi connectivity index (χ4v) is 4.94. The van der Waals surface area contributed by atoms with Crippen molar-refractivity contribution in [1.82, 2.24) is 15.4 Å². The second kappa shape index (κ2) is 11.3. The molecule has 7 nitrogen and oxygen atoms in total. The van der Waals surface area contributed by atoms with E-state index < -0.39 is 15.6 Å². The second-order valence-corrected chi connectivity index (χ2v) is 9.59. The van der Waals surface area contributed by atoms with Crippen LogP contribution in [0.2, 0.25) is 0 Å². The number of aliphatic imine (C=N–C) groups is 1. The van der Waals surface area contributed by atoms with Gasteiger partial charge >= 0.3 is 0 Å². The molecule has 0 saturated carbocycles. The molecule has 0 aliphatic heterocycles. The third kappa shape index (κ3) is 7.66. The van der Waals surface area contributed by atoms with Crippen LogP contribution in [-0.2, 0) is 15.6 Å². The standard InChI is InChI=1S/C16H24N4O3S3.HI/c1-3-17-15(19-12-16(2,21)13-6-4-10-24-13)18-8-9-20-26(22,23)14-7-5-11-25-14;/h4-7,10-11,20-21H,3,8-9,12H2,1-2H3,(H2,17,18,19);1H. The number of halogens is 1. The first kappa shape index (κ1) is 24.3. The molecule has 1 atom stereocenters. The molecule has 0 spiro atoms. The van der Waals surface area contributed by atoms with Gasteiger partial charge < -0.3 is 15.7 Å². The van der Waals surface area contributed by atoms with E-state index in [-0.39, 0.29) is 37.1 Å². The minimum Gasteiger partial charge on any atom is -0.383 e. The van der Waals surface area contributed by atoms with Gasteiger partial charge in [0.2, 0.25) is 10.0 Å². The highest BCUT2D eigenvalue weighted by atomic mass is 127. The van der Waals surface area contributed by atoms with Crippen LogP contribution in [0.15, 0.2) is 44.2 Å². The molecule has 2 rings (SSSR count). The molecule has 0 aliphatic carbocycles. The van der Waals surface area contributed by atoms with Crippen molar-refractivity contribution in [2.75, 3.05) is 26.2 Å². The Balaban J connectivity index is 0.00000364. The van der Waals surface area contributed by atoms with E-state index in [2.05, 4.69) is 20.3 Å². The molecule has 2 aromatic rings. The molecule has 0 aromatic carbocycles. The van der Waals surface area contributed by atoms with Crippen molar-refractivity contribution in [3.63, 3.8) is 0 Å². The van der Waals surface area contributed by atoms with Crippen LogP contribution >= 0.6 is 46.7 Å². The molecule has 0 amide bonds. The lowest BCUT2D eigenvalue weighted by atomic mass is 10.1. The van der Waals surface area contributed by atoms with Gasteiger partial charge in [-0.1, -0.05) is 12.1 Å². The van der Waals surface area contributed by atoms with E-state index in [4.69, 9.17) is 0 Å². The molecule has 4 N–H and O–H groups in total. The molecule has 152 valence electrons. The van der Waals surface area contributed by atoms with E-state index in [1.165, 1.54) is 22.7 Å². The van der Waals surface area contributed by atoms with Crippen molar-refractivity contribution in [3.05, 3.63) is 39.9 Å². The summed E-state index contributed by atoms with van der Waals surface area (Å²) >= 11 is 2.66. The van der Waals surface area contributed by atoms with Gasteiger partial charge in [0.15, 0.2) is 5.96 Å². The average molecular weight is 545 g/mol. The predicted molar refractivity (Wildman–Crippen MR) is 123 cm³/mol. The highest BCUT2D eigenvalue weighted by Gasteiger charge is 2.24. The highest BCUT2D eigenvalue weighted by Crippen LogP contribution is 2.25. The van der Waals surface area contributed by atoms with Gasteiger partial charge in [0, 0.05) is 24.5 Å². The predicted octanol–water partition coefficient (Wildman–Crippen LogP) is 2.17. The van der Waals surface area contributed by atoms with E-state index in [0.29, 0.717) is 23.3 Å². The molecule has 0 bridgehead atoms. The molecule has 0 aliphatic rings. The maximum absolute atomic E-state index is 12.0. The number of hydrogen-bond acceptors (Lipinski definition) is 6. The molecule has 0 saturated heterocycles. The number of guanidine groups is 1. The largest absolute Gasteiger partial charge is 0.383 e. The minimum atomic E-state index is -3.46. The summed E-state index contributed by atoms with van der Waals surface area (Å²) < 4.78 is 26.9. The second-order valence-electron chi connectivity index (χ2n) is 5.70. The Bertz CT molecular complexity index is 791. The van der Waals surface area contributed by atoms with Crippen molar-refractivity contribution in [2.24, 2.45) is 4.99 Å². The summed E-state index contributed by atoms with van der Waals surface area (Å²) in [5, 5.41) is 20.3. The number of hydrogen-bond donors (Lipinski definition) is 4. The molecule has 0 radical (unpaired) electrons. The van der Waals surface area contributed by atoms with Gasteiger partial charge in [-0.2, -0.15) is 0 Å². The maximum atomic E-state index is 12.0. The van der Waals surface area contributed by atoms with Crippen LogP contribution in [0.5, 0.6) is 0 Å². The number of nitrogens with zero attached hydrogens (tertiary/aromatic N) is 1. The lowest BCUT2D eigenvalue weighted by Crippen LogP contribution is -2.42. The van der Waals surface area contributed by atoms with Crippen LogP contribution in [0.1, 0.15) is 18.7 Å². The van der Waals surface area contributed by atoms with Gasteiger partial charge in [-0.25, -0.2) is 18.1 Å². The van der Waals surface area contributed by atoms with E-state index >= 15 is 0 Å². The Labute approximate surface area is 185 Å². The van der Waals surface area contributed by atoms with Crippen LogP contribution in [0.4, 0.5) is 0 Å². The molecule has 2 heterocycles. The lowest BCUT2D eigenvalue weighted by molar-refractivity contribution is 0.0711. The lowest BCUT2D eigenvalue weighted by Gasteiger charge is -2.20. The van der Waals surface area contributed by atoms with Gasteiger partial charge in [0.1, 0.15) is 9.81 Å². The van der Waals surface area contributed by atoms with Crippen LogP contribution in [0.3, 0.4) is 0 Å². The van der Waals surface area contributed by atoms with E-state index in [1.807, 2.05) is 24.4 Å². The Morgan fingerprint density at radius 2 is 1.89 bits per heavy atom. The molecule has 1 unspecified atom stereocenters. The normalized spacial score (nSPS) is 14.3. The van der Waals surface area contributed by atoms with Crippen LogP contribution < -0.4 is 15.4 Å². The first-order valence-electron chi connectivity index (χ1n) is 8.17. The zero-order valence-corrected chi connectivity index (χ0v) is 19.9. The summed E-state index contributed by atoms with van der Waals surface area (Å²) in [6.07, 6.45) is 0. The van der Waals surface area contributed by atoms with Crippen LogP contribution in [0, 0.1) is 0 Å². The van der Waals surface area contributed by atoms with Gasteiger partial charge in [0.25, 0.3) is 0 Å². The summed E-state index contributed by atoms with van der Waals surface area (Å²) in [4.78, 5) is 5.25. The number of sulfonamides is 1. The van der Waals surface area contributed by atoms with E-state index in [1.54, 1.807) is 24.4 Å². The molecule has 27 heavy (non-hydrogen) atoms. The topological polar surface area (TPSA) is 103 Å². The number of thiophene rings is 2. The van der Waals surface area contributed by atoms with Crippen molar-refractivity contribution < 1.29 is 13.5 Å². The van der Waals surface area contributed by atoms with Gasteiger partial charge in [0.05, 0.1) is 6.54 Å². The Morgan fingerprint density at radius 3 is 2.48 bits per heavy atom. The van der Waals surface area contributed by atoms with Crippen molar-refractivity contribution in [1.29, 1.82) is 0 Å². The summed E-state index contributed by atoms with van der Waals surface area (Å²) in [5.41, 5.74) is -1.04. The zero-order valence-electron chi connectivity index (χ0n) is 15.1. The van der Waals surface area contributed by atoms with Crippen LogP contribution in [-0.4, -0.2) is 45.7 Å². The fourth-order valence-electron chi connectivity index (χ4n) is 2.09. The first-order valence-corrected chi connectivity index (χ1v) is 11.4. The SMILES string of the molecule is CCNC(=NCC(C)(O)c1cccs1)NCCNS(=O)(=O)c1cccs1.I. The maximum Gasteiger partial charge on any atom is 0.250 e. The third-order valence-electron chi connectivity index (χ3n) is 3.41. The summed E-state index contributed by atoms with van der Waals surface area (Å²) in [7, 11) is -3.46. The van der Waals surface area contributed by atoms with Gasteiger partial charge in [-0.3, -0.25) is 0 Å². The average Bonchev–Trinajstić information content (AvgIpc) is 3.30. The number of nitrogens with one attached hydrogen (secondary N) is 3. The summed E-state index contributed by atoms with van der Waals surface area (Å²) in [5.74, 6) is 0.527. The molecule has 11 heteroatoms. The highest BCUT2D eigenvalue weighted by molar-refractivity contribution is 14.0. The quantitative estimate of drug-likeness (QED) is 0.168. The monoisotopic (exact) mass is 544 g/mol. The van der Waals surface area contributed by atoms with Gasteiger partial charge in [-0.15, -0.1) is 46.7 Å². The zero-order chi connectivity index (χ0) is 19.0. The molecular formula is C16H25IN4O3S3. The first-order chi connectivity index (χ1) is 12.3. The third-order valence-corrected chi connectivity index (χ3v) is 7.39. The molecular weight excluding hydrogens is 519 g/mol. The van der Waals surface area contributed by atoms with Crippen molar-refractivity contribution >= 4 is 62.6 Å².